The van der Waals surface area contributed by atoms with E-state index in [4.69, 9.17) is 9.47 Å². The van der Waals surface area contributed by atoms with E-state index < -0.39 is 12.2 Å². The highest BCUT2D eigenvalue weighted by Crippen LogP contribution is 2.19. The minimum atomic E-state index is -0.702. The first-order valence-corrected chi connectivity index (χ1v) is 6.89. The van der Waals surface area contributed by atoms with Crippen molar-refractivity contribution in [3.63, 3.8) is 0 Å². The van der Waals surface area contributed by atoms with Crippen molar-refractivity contribution in [1.82, 2.24) is 4.90 Å². The largest absolute Gasteiger partial charge is 0.447 e. The molecule has 1 aliphatic rings. The molecule has 0 aliphatic carbocycles. The second-order valence-electron chi connectivity index (χ2n) is 4.89. The molecule has 2 rings (SSSR count). The van der Waals surface area contributed by atoms with Gasteiger partial charge >= 0.3 is 6.09 Å². The predicted octanol–water partition coefficient (Wildman–Crippen LogP) is 2.17. The predicted molar refractivity (Wildman–Crippen MR) is 77.7 cm³/mol. The molecule has 1 aromatic rings. The third kappa shape index (κ3) is 3.70. The van der Waals surface area contributed by atoms with Gasteiger partial charge in [-0.1, -0.05) is 36.4 Å². The average Bonchev–Trinajstić information content (AvgIpc) is 2.85. The molecule has 0 saturated carbocycles. The van der Waals surface area contributed by atoms with E-state index in [1.165, 1.54) is 4.90 Å². The van der Waals surface area contributed by atoms with Crippen LogP contribution in [0.3, 0.4) is 0 Å². The van der Waals surface area contributed by atoms with Crippen LogP contribution in [-0.4, -0.2) is 42.3 Å². The summed E-state index contributed by atoms with van der Waals surface area (Å²) in [5.74, 6) is -0.375. The first-order chi connectivity index (χ1) is 10.1. The molecule has 1 aliphatic heterocycles. The van der Waals surface area contributed by atoms with E-state index in [1.807, 2.05) is 30.3 Å². The maximum absolute atomic E-state index is 12.3. The number of carbonyl (C=O) groups is 2. The van der Waals surface area contributed by atoms with Crippen molar-refractivity contribution in [1.29, 1.82) is 0 Å². The summed E-state index contributed by atoms with van der Waals surface area (Å²) in [5, 5.41) is 0. The summed E-state index contributed by atoms with van der Waals surface area (Å²) in [5.41, 5.74) is 1.05. The number of rotatable bonds is 6. The van der Waals surface area contributed by atoms with Gasteiger partial charge in [0.2, 0.25) is 0 Å². The van der Waals surface area contributed by atoms with Crippen LogP contribution in [0.1, 0.15) is 12.5 Å². The molecule has 1 aromatic carbocycles. The quantitative estimate of drug-likeness (QED) is 0.753. The fourth-order valence-electron chi connectivity index (χ4n) is 2.25. The first-order valence-electron chi connectivity index (χ1n) is 6.89. The smallest absolute Gasteiger partial charge is 0.417 e. The van der Waals surface area contributed by atoms with Gasteiger partial charge in [-0.25, -0.2) is 9.69 Å². The van der Waals surface area contributed by atoms with Crippen LogP contribution in [0.25, 0.3) is 0 Å². The molecule has 0 radical (unpaired) electrons. The molecule has 1 heterocycles. The van der Waals surface area contributed by atoms with Crippen LogP contribution in [0.5, 0.6) is 0 Å². The Labute approximate surface area is 124 Å². The Hall–Kier alpha value is -2.14. The summed E-state index contributed by atoms with van der Waals surface area (Å²) in [6.07, 6.45) is 0.835. The zero-order valence-corrected chi connectivity index (χ0v) is 12.0. The number of cyclic esters (lactones) is 1. The molecule has 112 valence electrons. The van der Waals surface area contributed by atoms with Crippen molar-refractivity contribution in [2.24, 2.45) is 0 Å². The fraction of sp³-hybridized carbons (Fsp3) is 0.375. The van der Waals surface area contributed by atoms with Crippen molar-refractivity contribution in [3.05, 3.63) is 48.6 Å². The number of ether oxygens (including phenoxy) is 2. The molecule has 1 fully saturated rings. The Morgan fingerprint density at radius 3 is 2.90 bits per heavy atom. The number of benzene rings is 1. The maximum Gasteiger partial charge on any atom is 0.417 e. The Morgan fingerprint density at radius 2 is 2.24 bits per heavy atom. The summed E-state index contributed by atoms with van der Waals surface area (Å²) in [7, 11) is 0. The summed E-state index contributed by atoms with van der Waals surface area (Å²) in [6.45, 7) is 5.63. The lowest BCUT2D eigenvalue weighted by Gasteiger charge is -2.22. The fourth-order valence-corrected chi connectivity index (χ4v) is 2.25. The van der Waals surface area contributed by atoms with Crippen LogP contribution in [0.4, 0.5) is 4.79 Å². The highest BCUT2D eigenvalue weighted by Gasteiger charge is 2.39. The molecule has 5 heteroatoms. The summed E-state index contributed by atoms with van der Waals surface area (Å²) in [4.78, 5) is 25.3. The summed E-state index contributed by atoms with van der Waals surface area (Å²) >= 11 is 0. The lowest BCUT2D eigenvalue weighted by atomic mass is 10.1. The molecule has 21 heavy (non-hydrogen) atoms. The second kappa shape index (κ2) is 7.04. The van der Waals surface area contributed by atoms with Crippen molar-refractivity contribution in [2.75, 3.05) is 13.2 Å². The number of amides is 2. The molecule has 5 nitrogen and oxygen atoms in total. The van der Waals surface area contributed by atoms with Gasteiger partial charge in [0.15, 0.2) is 0 Å². The highest BCUT2D eigenvalue weighted by atomic mass is 16.6. The molecular formula is C16H19NO4. The van der Waals surface area contributed by atoms with Gasteiger partial charge in [0.25, 0.3) is 5.91 Å². The number of nitrogens with zero attached hydrogens (tertiary/aromatic N) is 1. The Balaban J connectivity index is 2.06. The monoisotopic (exact) mass is 289 g/mol. The van der Waals surface area contributed by atoms with Gasteiger partial charge in [0.05, 0.1) is 12.6 Å². The van der Waals surface area contributed by atoms with Crippen LogP contribution in [-0.2, 0) is 20.7 Å². The number of imide groups is 1. The van der Waals surface area contributed by atoms with Gasteiger partial charge in [0.1, 0.15) is 12.7 Å². The van der Waals surface area contributed by atoms with Crippen LogP contribution >= 0.6 is 0 Å². The third-order valence-electron chi connectivity index (χ3n) is 3.32. The number of hydrogen-bond donors (Lipinski definition) is 0. The molecular weight excluding hydrogens is 270 g/mol. The van der Waals surface area contributed by atoms with Crippen molar-refractivity contribution in [3.8, 4) is 0 Å². The second-order valence-corrected chi connectivity index (χ2v) is 4.89. The van der Waals surface area contributed by atoms with Crippen LogP contribution in [0.2, 0.25) is 0 Å². The maximum atomic E-state index is 12.3. The van der Waals surface area contributed by atoms with Gasteiger partial charge in [-0.15, -0.1) is 6.58 Å². The molecule has 0 unspecified atom stereocenters. The van der Waals surface area contributed by atoms with Gasteiger partial charge in [-0.3, -0.25) is 4.79 Å². The van der Waals surface area contributed by atoms with E-state index in [0.29, 0.717) is 6.42 Å². The van der Waals surface area contributed by atoms with E-state index in [1.54, 1.807) is 13.0 Å². The highest BCUT2D eigenvalue weighted by molar-refractivity contribution is 5.95. The normalized spacial score (nSPS) is 19.2. The van der Waals surface area contributed by atoms with E-state index in [9.17, 15) is 9.59 Å². The van der Waals surface area contributed by atoms with Crippen LogP contribution in [0, 0.1) is 0 Å². The van der Waals surface area contributed by atoms with Gasteiger partial charge in [0, 0.05) is 0 Å². The third-order valence-corrected chi connectivity index (χ3v) is 3.32. The average molecular weight is 289 g/mol. The standard InChI is InChI=1S/C16H19NO4/c1-3-9-20-12(2)15(18)17-14(11-21-16(17)19)10-13-7-5-4-6-8-13/h3-8,12,14H,1,9-11H2,2H3/t12-,14-/m0/s1. The van der Waals surface area contributed by atoms with E-state index >= 15 is 0 Å². The Morgan fingerprint density at radius 1 is 1.52 bits per heavy atom. The van der Waals surface area contributed by atoms with E-state index in [0.717, 1.165) is 5.56 Å². The molecule has 0 N–H and O–H groups in total. The molecule has 0 spiro atoms. The first kappa shape index (κ1) is 15.3. The minimum Gasteiger partial charge on any atom is -0.447 e. The van der Waals surface area contributed by atoms with Crippen LogP contribution in [0.15, 0.2) is 43.0 Å². The topological polar surface area (TPSA) is 55.8 Å². The lowest BCUT2D eigenvalue weighted by Crippen LogP contribution is -2.45. The van der Waals surface area contributed by atoms with Gasteiger partial charge in [-0.2, -0.15) is 0 Å². The number of hydrogen-bond acceptors (Lipinski definition) is 4. The molecule has 1 saturated heterocycles. The SMILES string of the molecule is C=CCO[C@@H](C)C(=O)N1C(=O)OC[C@@H]1Cc1ccccc1. The van der Waals surface area contributed by atoms with Crippen molar-refractivity contribution >= 4 is 12.0 Å². The zero-order valence-electron chi connectivity index (χ0n) is 12.0. The van der Waals surface area contributed by atoms with Gasteiger partial charge < -0.3 is 9.47 Å². The molecule has 2 amide bonds. The summed E-state index contributed by atoms with van der Waals surface area (Å²) < 4.78 is 10.3. The van der Waals surface area contributed by atoms with E-state index in [-0.39, 0.29) is 25.2 Å². The Bertz CT molecular complexity index is 514. The van der Waals surface area contributed by atoms with Crippen molar-refractivity contribution in [2.45, 2.75) is 25.5 Å². The number of carbonyl (C=O) groups excluding carboxylic acids is 2. The molecule has 2 atom stereocenters. The lowest BCUT2D eigenvalue weighted by molar-refractivity contribution is -0.139. The zero-order chi connectivity index (χ0) is 15.2. The summed E-state index contributed by atoms with van der Waals surface area (Å²) in [6, 6.07) is 9.41. The van der Waals surface area contributed by atoms with Gasteiger partial charge in [-0.05, 0) is 18.9 Å². The van der Waals surface area contributed by atoms with Crippen molar-refractivity contribution < 1.29 is 19.1 Å². The molecule has 0 bridgehead atoms. The van der Waals surface area contributed by atoms with E-state index in [2.05, 4.69) is 6.58 Å². The van der Waals surface area contributed by atoms with Crippen LogP contribution < -0.4 is 0 Å². The Kier molecular flexibility index (Phi) is 5.11. The molecule has 0 aromatic heterocycles. The minimum absolute atomic E-state index is 0.216.